The van der Waals surface area contributed by atoms with Gasteiger partial charge in [0.05, 0.1) is 10.5 Å². The Labute approximate surface area is 154 Å². The maximum absolute atomic E-state index is 12.4. The Morgan fingerprint density at radius 2 is 1.85 bits per heavy atom. The van der Waals surface area contributed by atoms with Crippen molar-refractivity contribution in [3.05, 3.63) is 59.7 Å². The molecule has 0 saturated carbocycles. The third kappa shape index (κ3) is 5.31. The van der Waals surface area contributed by atoms with Crippen molar-refractivity contribution in [2.24, 2.45) is 0 Å². The lowest BCUT2D eigenvalue weighted by Crippen LogP contribution is -2.32. The van der Waals surface area contributed by atoms with E-state index in [-0.39, 0.29) is 16.5 Å². The molecule has 0 aliphatic carbocycles. The Kier molecular flexibility index (Phi) is 6.76. The molecule has 0 heterocycles. The highest BCUT2D eigenvalue weighted by Gasteiger charge is 2.20. The van der Waals surface area contributed by atoms with Crippen LogP contribution in [0.2, 0.25) is 0 Å². The van der Waals surface area contributed by atoms with Crippen LogP contribution in [0.5, 0.6) is 0 Å². The second-order valence-corrected chi connectivity index (χ2v) is 7.82. The molecule has 0 amide bonds. The number of carbonyl (C=O) groups is 1. The minimum Gasteiger partial charge on any atom is -0.478 e. The first-order valence-corrected chi connectivity index (χ1v) is 9.99. The minimum atomic E-state index is -3.75. The van der Waals surface area contributed by atoms with E-state index in [1.807, 2.05) is 37.3 Å². The molecule has 2 aromatic carbocycles. The Morgan fingerprint density at radius 3 is 2.46 bits per heavy atom. The lowest BCUT2D eigenvalue weighted by atomic mass is 10.1. The number of carboxylic acid groups (broad SMARTS) is 1. The molecule has 0 fully saturated rings. The van der Waals surface area contributed by atoms with E-state index in [2.05, 4.69) is 10.0 Å². The van der Waals surface area contributed by atoms with Gasteiger partial charge in [-0.25, -0.2) is 17.9 Å². The summed E-state index contributed by atoms with van der Waals surface area (Å²) in [5, 5.41) is 12.5. The zero-order valence-corrected chi connectivity index (χ0v) is 15.7. The topological polar surface area (TPSA) is 95.5 Å². The molecule has 0 bridgehead atoms. The third-order valence-electron chi connectivity index (χ3n) is 4.07. The molecule has 1 atom stereocenters. The Balaban J connectivity index is 2.17. The number of benzene rings is 2. The zero-order valence-electron chi connectivity index (χ0n) is 14.9. The third-order valence-corrected chi connectivity index (χ3v) is 5.66. The van der Waals surface area contributed by atoms with Crippen LogP contribution in [0, 0.1) is 0 Å². The Hall–Kier alpha value is -2.38. The summed E-state index contributed by atoms with van der Waals surface area (Å²) >= 11 is 0. The van der Waals surface area contributed by atoms with Gasteiger partial charge in [-0.3, -0.25) is 0 Å². The predicted octanol–water partition coefficient (Wildman–Crippen LogP) is 3.12. The standard InChI is InChI=1S/C19H24N2O4S/c1-3-14(2)21-26(24,25)16-9-10-18(17(13-16)19(22)23)20-12-11-15-7-5-4-6-8-15/h4-10,13-14,20-21H,3,11-12H2,1-2H3,(H,22,23)/t14-/m0/s1. The number of sulfonamides is 1. The van der Waals surface area contributed by atoms with Gasteiger partial charge < -0.3 is 10.4 Å². The molecule has 0 aliphatic heterocycles. The molecule has 0 aromatic heterocycles. The molecule has 0 aliphatic rings. The van der Waals surface area contributed by atoms with Crippen molar-refractivity contribution < 1.29 is 18.3 Å². The second kappa shape index (κ2) is 8.82. The van der Waals surface area contributed by atoms with Crippen LogP contribution in [0.25, 0.3) is 0 Å². The number of nitrogens with one attached hydrogen (secondary N) is 2. The minimum absolute atomic E-state index is 0.0520. The molecule has 140 valence electrons. The first-order chi connectivity index (χ1) is 12.3. The zero-order chi connectivity index (χ0) is 19.2. The predicted molar refractivity (Wildman–Crippen MR) is 102 cm³/mol. The molecule has 2 aromatic rings. The van der Waals surface area contributed by atoms with Crippen LogP contribution in [0.1, 0.15) is 36.2 Å². The van der Waals surface area contributed by atoms with E-state index in [0.717, 1.165) is 12.0 Å². The van der Waals surface area contributed by atoms with Gasteiger partial charge in [0.2, 0.25) is 10.0 Å². The Bertz CT molecular complexity index is 851. The molecular weight excluding hydrogens is 352 g/mol. The van der Waals surface area contributed by atoms with Gasteiger partial charge in [0.15, 0.2) is 0 Å². The van der Waals surface area contributed by atoms with E-state index in [4.69, 9.17) is 0 Å². The number of aromatic carboxylic acids is 1. The largest absolute Gasteiger partial charge is 0.478 e. The molecule has 0 unspecified atom stereocenters. The molecule has 0 saturated heterocycles. The highest BCUT2D eigenvalue weighted by molar-refractivity contribution is 7.89. The fourth-order valence-corrected chi connectivity index (χ4v) is 3.78. The first kappa shape index (κ1) is 19.9. The van der Waals surface area contributed by atoms with Crippen molar-refractivity contribution >= 4 is 21.7 Å². The molecule has 26 heavy (non-hydrogen) atoms. The maximum atomic E-state index is 12.4. The van der Waals surface area contributed by atoms with E-state index < -0.39 is 16.0 Å². The van der Waals surface area contributed by atoms with Gasteiger partial charge in [0.1, 0.15) is 0 Å². The quantitative estimate of drug-likeness (QED) is 0.625. The number of carboxylic acids is 1. The number of rotatable bonds is 9. The highest BCUT2D eigenvalue weighted by atomic mass is 32.2. The molecule has 0 radical (unpaired) electrons. The van der Waals surface area contributed by atoms with E-state index >= 15 is 0 Å². The smallest absolute Gasteiger partial charge is 0.337 e. The first-order valence-electron chi connectivity index (χ1n) is 8.51. The van der Waals surface area contributed by atoms with Crippen LogP contribution < -0.4 is 10.0 Å². The number of anilines is 1. The summed E-state index contributed by atoms with van der Waals surface area (Å²) < 4.78 is 27.3. The summed E-state index contributed by atoms with van der Waals surface area (Å²) in [5.41, 5.74) is 1.47. The highest BCUT2D eigenvalue weighted by Crippen LogP contribution is 2.21. The van der Waals surface area contributed by atoms with Crippen LogP contribution in [0.4, 0.5) is 5.69 Å². The van der Waals surface area contributed by atoms with Gasteiger partial charge in [0, 0.05) is 18.3 Å². The lowest BCUT2D eigenvalue weighted by molar-refractivity contribution is 0.0697. The average molecular weight is 376 g/mol. The van der Waals surface area contributed by atoms with Crippen molar-refractivity contribution in [1.29, 1.82) is 0 Å². The van der Waals surface area contributed by atoms with Gasteiger partial charge in [-0.05, 0) is 43.5 Å². The van der Waals surface area contributed by atoms with E-state index in [0.29, 0.717) is 18.7 Å². The fraction of sp³-hybridized carbons (Fsp3) is 0.316. The van der Waals surface area contributed by atoms with Crippen LogP contribution in [-0.4, -0.2) is 32.1 Å². The molecule has 7 heteroatoms. The van der Waals surface area contributed by atoms with Crippen molar-refractivity contribution in [1.82, 2.24) is 4.72 Å². The number of hydrogen-bond donors (Lipinski definition) is 3. The molecular formula is C19H24N2O4S. The van der Waals surface area contributed by atoms with Crippen molar-refractivity contribution in [3.8, 4) is 0 Å². The van der Waals surface area contributed by atoms with E-state index in [9.17, 15) is 18.3 Å². The van der Waals surface area contributed by atoms with Gasteiger partial charge in [-0.1, -0.05) is 37.3 Å². The van der Waals surface area contributed by atoms with Crippen LogP contribution in [0.15, 0.2) is 53.4 Å². The van der Waals surface area contributed by atoms with E-state index in [1.165, 1.54) is 18.2 Å². The summed E-state index contributed by atoms with van der Waals surface area (Å²) in [6.07, 6.45) is 1.37. The van der Waals surface area contributed by atoms with Gasteiger partial charge in [0.25, 0.3) is 0 Å². The molecule has 3 N–H and O–H groups in total. The average Bonchev–Trinajstić information content (AvgIpc) is 2.62. The fourth-order valence-electron chi connectivity index (χ4n) is 2.42. The SMILES string of the molecule is CC[C@H](C)NS(=O)(=O)c1ccc(NCCc2ccccc2)c(C(=O)O)c1. The molecule has 2 rings (SSSR count). The molecule has 0 spiro atoms. The van der Waals surface area contributed by atoms with Crippen LogP contribution >= 0.6 is 0 Å². The van der Waals surface area contributed by atoms with Crippen molar-refractivity contribution in [3.63, 3.8) is 0 Å². The van der Waals surface area contributed by atoms with E-state index in [1.54, 1.807) is 6.92 Å². The van der Waals surface area contributed by atoms with Crippen LogP contribution in [-0.2, 0) is 16.4 Å². The van der Waals surface area contributed by atoms with Gasteiger partial charge in [-0.2, -0.15) is 0 Å². The van der Waals surface area contributed by atoms with Gasteiger partial charge >= 0.3 is 5.97 Å². The second-order valence-electron chi connectivity index (χ2n) is 6.11. The summed E-state index contributed by atoms with van der Waals surface area (Å²) in [5.74, 6) is -1.17. The monoisotopic (exact) mass is 376 g/mol. The summed E-state index contributed by atoms with van der Waals surface area (Å²) in [4.78, 5) is 11.5. The maximum Gasteiger partial charge on any atom is 0.337 e. The van der Waals surface area contributed by atoms with Crippen LogP contribution in [0.3, 0.4) is 0 Å². The lowest BCUT2D eigenvalue weighted by Gasteiger charge is -2.14. The normalized spacial score (nSPS) is 12.5. The summed E-state index contributed by atoms with van der Waals surface area (Å²) in [6.45, 7) is 4.17. The number of hydrogen-bond acceptors (Lipinski definition) is 4. The summed E-state index contributed by atoms with van der Waals surface area (Å²) in [7, 11) is -3.75. The van der Waals surface area contributed by atoms with Crippen molar-refractivity contribution in [2.45, 2.75) is 37.6 Å². The molecule has 6 nitrogen and oxygen atoms in total. The Morgan fingerprint density at radius 1 is 1.15 bits per heavy atom. The van der Waals surface area contributed by atoms with Gasteiger partial charge in [-0.15, -0.1) is 0 Å². The van der Waals surface area contributed by atoms with Crippen molar-refractivity contribution in [2.75, 3.05) is 11.9 Å². The summed E-state index contributed by atoms with van der Waals surface area (Å²) in [6, 6.07) is 13.7.